The number of nitrogens with one attached hydrogen (secondary N) is 1. The van der Waals surface area contributed by atoms with Crippen molar-refractivity contribution in [3.63, 3.8) is 0 Å². The molecule has 2 N–H and O–H groups in total. The Balaban J connectivity index is 2.21. The molecule has 2 aromatic rings. The van der Waals surface area contributed by atoms with Crippen molar-refractivity contribution in [2.45, 2.75) is 13.0 Å². The van der Waals surface area contributed by atoms with Crippen LogP contribution in [0.5, 0.6) is 0 Å². The molecule has 1 aliphatic heterocycles. The van der Waals surface area contributed by atoms with Crippen LogP contribution >= 0.6 is 11.3 Å². The van der Waals surface area contributed by atoms with Crippen LogP contribution in [0.1, 0.15) is 17.8 Å². The molecule has 1 atom stereocenters. The number of allylic oxidation sites excluding steroid dienone is 1. The highest BCUT2D eigenvalue weighted by atomic mass is 32.1. The van der Waals surface area contributed by atoms with Gasteiger partial charge in [0.1, 0.15) is 6.04 Å². The molecule has 7 nitrogen and oxygen atoms in total. The van der Waals surface area contributed by atoms with Crippen LogP contribution in [-0.4, -0.2) is 27.1 Å². The van der Waals surface area contributed by atoms with Gasteiger partial charge in [0, 0.05) is 11.3 Å². The van der Waals surface area contributed by atoms with Crippen LogP contribution in [0, 0.1) is 11.3 Å². The number of hydrogen-bond acceptors (Lipinski definition) is 5. The summed E-state index contributed by atoms with van der Waals surface area (Å²) >= 11 is 1.21. The second-order valence-electron chi connectivity index (χ2n) is 5.07. The van der Waals surface area contributed by atoms with E-state index in [1.165, 1.54) is 11.3 Å². The van der Waals surface area contributed by atoms with Gasteiger partial charge < -0.3 is 10.4 Å². The van der Waals surface area contributed by atoms with E-state index in [9.17, 15) is 20.0 Å². The van der Waals surface area contributed by atoms with Crippen molar-refractivity contribution >= 4 is 23.5 Å². The van der Waals surface area contributed by atoms with Gasteiger partial charge in [0.15, 0.2) is 0 Å². The number of urea groups is 1. The van der Waals surface area contributed by atoms with Crippen molar-refractivity contribution in [3.8, 4) is 17.3 Å². The molecule has 3 rings (SSSR count). The third-order valence-electron chi connectivity index (χ3n) is 3.67. The summed E-state index contributed by atoms with van der Waals surface area (Å²) in [4.78, 5) is 29.2. The molecule has 0 bridgehead atoms. The van der Waals surface area contributed by atoms with Gasteiger partial charge >= 0.3 is 12.1 Å². The predicted molar refractivity (Wildman–Crippen MR) is 87.0 cm³/mol. The van der Waals surface area contributed by atoms with Crippen LogP contribution in [0.2, 0.25) is 0 Å². The van der Waals surface area contributed by atoms with Crippen LogP contribution < -0.4 is 5.32 Å². The Labute approximate surface area is 141 Å². The van der Waals surface area contributed by atoms with Crippen molar-refractivity contribution in [2.24, 2.45) is 0 Å². The lowest BCUT2D eigenvalue weighted by atomic mass is 9.98. The van der Waals surface area contributed by atoms with Gasteiger partial charge in [-0.25, -0.2) is 19.5 Å². The Morgan fingerprint density at radius 3 is 2.75 bits per heavy atom. The Bertz CT molecular complexity index is 882. The van der Waals surface area contributed by atoms with E-state index in [1.807, 2.05) is 36.4 Å². The van der Waals surface area contributed by atoms with Gasteiger partial charge in [-0.3, -0.25) is 0 Å². The number of carboxylic acid groups (broad SMARTS) is 1. The maximum atomic E-state index is 12.1. The number of imide groups is 1. The van der Waals surface area contributed by atoms with Crippen LogP contribution in [0.15, 0.2) is 47.1 Å². The number of carbonyl (C=O) groups is 2. The molecule has 120 valence electrons. The molecule has 0 saturated heterocycles. The number of amides is 3. The van der Waals surface area contributed by atoms with Crippen LogP contribution in [0.25, 0.3) is 11.3 Å². The number of carbonyl (C=O) groups excluding carboxylic acids is 1. The van der Waals surface area contributed by atoms with Crippen LogP contribution in [0.3, 0.4) is 0 Å². The molecule has 2 heterocycles. The summed E-state index contributed by atoms with van der Waals surface area (Å²) in [6, 6.07) is 9.45. The summed E-state index contributed by atoms with van der Waals surface area (Å²) in [5.41, 5.74) is 3.46. The fourth-order valence-corrected chi connectivity index (χ4v) is 3.50. The largest absolute Gasteiger partial charge is 0.465 e. The van der Waals surface area contributed by atoms with Crippen LogP contribution in [-0.2, 0) is 0 Å². The highest BCUT2D eigenvalue weighted by Crippen LogP contribution is 2.40. The van der Waals surface area contributed by atoms with Gasteiger partial charge in [-0.1, -0.05) is 30.3 Å². The second kappa shape index (κ2) is 6.14. The molecule has 8 heteroatoms. The average molecular weight is 340 g/mol. The van der Waals surface area contributed by atoms with Crippen molar-refractivity contribution < 1.29 is 14.7 Å². The Morgan fingerprint density at radius 2 is 2.12 bits per heavy atom. The third-order valence-corrected chi connectivity index (χ3v) is 4.55. The maximum Gasteiger partial charge on any atom is 0.416 e. The minimum absolute atomic E-state index is 0.179. The SMILES string of the molecule is CC1=C(C#N)C(c2scnc2-c2ccccc2)N(C(=O)O)C(=O)N1. The second-order valence-corrected chi connectivity index (χ2v) is 5.95. The molecule has 1 aromatic heterocycles. The number of nitriles is 1. The molecular weight excluding hydrogens is 328 g/mol. The molecule has 0 aliphatic carbocycles. The van der Waals surface area contributed by atoms with E-state index in [-0.39, 0.29) is 5.57 Å². The molecule has 1 unspecified atom stereocenters. The highest BCUT2D eigenvalue weighted by molar-refractivity contribution is 7.10. The fraction of sp³-hybridized carbons (Fsp3) is 0.125. The first-order valence-corrected chi connectivity index (χ1v) is 7.85. The quantitative estimate of drug-likeness (QED) is 0.872. The minimum atomic E-state index is -1.43. The lowest BCUT2D eigenvalue weighted by molar-refractivity contribution is 0.136. The lowest BCUT2D eigenvalue weighted by Crippen LogP contribution is -2.49. The van der Waals surface area contributed by atoms with Crippen molar-refractivity contribution in [1.82, 2.24) is 15.2 Å². The normalized spacial score (nSPS) is 17.4. The Morgan fingerprint density at radius 1 is 1.42 bits per heavy atom. The molecule has 1 aromatic carbocycles. The first-order chi connectivity index (χ1) is 11.5. The van der Waals surface area contributed by atoms with E-state index in [2.05, 4.69) is 10.3 Å². The molecule has 1 aliphatic rings. The monoisotopic (exact) mass is 340 g/mol. The van der Waals surface area contributed by atoms with Crippen molar-refractivity contribution in [3.05, 3.63) is 52.0 Å². The molecule has 3 amide bonds. The van der Waals surface area contributed by atoms with E-state index in [0.717, 1.165) is 5.56 Å². The van der Waals surface area contributed by atoms with E-state index >= 15 is 0 Å². The number of rotatable bonds is 2. The molecule has 0 spiro atoms. The van der Waals surface area contributed by atoms with E-state index in [4.69, 9.17) is 0 Å². The number of thiazole rings is 1. The average Bonchev–Trinajstić information content (AvgIpc) is 3.03. The first-order valence-electron chi connectivity index (χ1n) is 6.97. The molecular formula is C16H12N4O3S. The topological polar surface area (TPSA) is 106 Å². The van der Waals surface area contributed by atoms with Gasteiger partial charge in [0.25, 0.3) is 0 Å². The summed E-state index contributed by atoms with van der Waals surface area (Å²) in [5.74, 6) is 0. The Kier molecular flexibility index (Phi) is 4.02. The summed E-state index contributed by atoms with van der Waals surface area (Å²) in [5, 5.41) is 21.3. The minimum Gasteiger partial charge on any atom is -0.465 e. The first kappa shape index (κ1) is 15.7. The van der Waals surface area contributed by atoms with E-state index in [1.54, 1.807) is 12.4 Å². The Hall–Kier alpha value is -3.18. The third kappa shape index (κ3) is 2.51. The molecule has 24 heavy (non-hydrogen) atoms. The van der Waals surface area contributed by atoms with Crippen LogP contribution in [0.4, 0.5) is 9.59 Å². The van der Waals surface area contributed by atoms with Gasteiger partial charge in [0.2, 0.25) is 0 Å². The summed E-state index contributed by atoms with van der Waals surface area (Å²) in [6.07, 6.45) is -1.43. The van der Waals surface area contributed by atoms with Gasteiger partial charge in [0.05, 0.1) is 27.7 Å². The zero-order valence-electron chi connectivity index (χ0n) is 12.6. The van der Waals surface area contributed by atoms with E-state index in [0.29, 0.717) is 21.2 Å². The predicted octanol–water partition coefficient (Wildman–Crippen LogP) is 3.35. The van der Waals surface area contributed by atoms with Crippen molar-refractivity contribution in [2.75, 3.05) is 0 Å². The number of hydrogen-bond donors (Lipinski definition) is 2. The van der Waals surface area contributed by atoms with Gasteiger partial charge in [-0.05, 0) is 6.92 Å². The summed E-state index contributed by atoms with van der Waals surface area (Å²) in [7, 11) is 0. The summed E-state index contributed by atoms with van der Waals surface area (Å²) < 4.78 is 0. The zero-order chi connectivity index (χ0) is 17.3. The number of benzene rings is 1. The fourth-order valence-electron chi connectivity index (χ4n) is 2.59. The number of nitrogens with zero attached hydrogens (tertiary/aromatic N) is 3. The zero-order valence-corrected chi connectivity index (χ0v) is 13.4. The van der Waals surface area contributed by atoms with E-state index < -0.39 is 18.2 Å². The molecule has 0 radical (unpaired) electrons. The van der Waals surface area contributed by atoms with Crippen molar-refractivity contribution in [1.29, 1.82) is 5.26 Å². The lowest BCUT2D eigenvalue weighted by Gasteiger charge is -2.32. The highest BCUT2D eigenvalue weighted by Gasteiger charge is 2.41. The van der Waals surface area contributed by atoms with Gasteiger partial charge in [-0.15, -0.1) is 11.3 Å². The number of aromatic nitrogens is 1. The standard InChI is InChI=1S/C16H12N4O3S/c1-9-11(7-17)13(20(16(22)23)15(21)19-9)14-12(18-8-24-14)10-5-3-2-4-6-10/h2-6,8,13H,1H3,(H,19,21)(H,22,23). The molecule has 0 fully saturated rings. The molecule has 0 saturated carbocycles. The van der Waals surface area contributed by atoms with Gasteiger partial charge in [-0.2, -0.15) is 5.26 Å². The summed E-state index contributed by atoms with van der Waals surface area (Å²) in [6.45, 7) is 1.58. The smallest absolute Gasteiger partial charge is 0.416 e. The maximum absolute atomic E-state index is 12.1.